The van der Waals surface area contributed by atoms with Gasteiger partial charge in [0.2, 0.25) is 5.91 Å². The van der Waals surface area contributed by atoms with E-state index in [0.717, 1.165) is 38.8 Å². The highest BCUT2D eigenvalue weighted by molar-refractivity contribution is 5.93. The fourth-order valence-electron chi connectivity index (χ4n) is 4.61. The van der Waals surface area contributed by atoms with Gasteiger partial charge < -0.3 is 9.88 Å². The average molecular weight is 481 g/mol. The summed E-state index contributed by atoms with van der Waals surface area (Å²) in [6.45, 7) is 2.56. The average Bonchev–Trinajstić information content (AvgIpc) is 3.24. The SMILES string of the molecule is Cc1ccc(NC(=O)CC(c2ccc(F)cc2)c2cn(Cc3ccc(F)cc3)c3ccccc23)cc1. The Kier molecular flexibility index (Phi) is 6.63. The summed E-state index contributed by atoms with van der Waals surface area (Å²) < 4.78 is 29.3. The van der Waals surface area contributed by atoms with Crippen LogP contribution in [0.15, 0.2) is 103 Å². The van der Waals surface area contributed by atoms with Crippen molar-refractivity contribution < 1.29 is 13.6 Å². The Morgan fingerprint density at radius 2 is 1.47 bits per heavy atom. The number of aryl methyl sites for hydroxylation is 1. The normalized spacial score (nSPS) is 12.0. The largest absolute Gasteiger partial charge is 0.343 e. The summed E-state index contributed by atoms with van der Waals surface area (Å²) in [5, 5.41) is 4.02. The van der Waals surface area contributed by atoms with Crippen LogP contribution in [-0.4, -0.2) is 10.5 Å². The summed E-state index contributed by atoms with van der Waals surface area (Å²) in [5.41, 5.74) is 5.69. The van der Waals surface area contributed by atoms with Crippen LogP contribution in [-0.2, 0) is 11.3 Å². The van der Waals surface area contributed by atoms with Crippen molar-refractivity contribution in [2.45, 2.75) is 25.8 Å². The number of nitrogens with zero attached hydrogens (tertiary/aromatic N) is 1. The molecular formula is C31H26F2N2O. The molecule has 1 amide bonds. The number of fused-ring (bicyclic) bond motifs is 1. The van der Waals surface area contributed by atoms with Gasteiger partial charge in [-0.1, -0.05) is 60.2 Å². The molecule has 0 spiro atoms. The number of amides is 1. The number of carbonyl (C=O) groups excluding carboxylic acids is 1. The third kappa shape index (κ3) is 5.20. The molecule has 0 saturated heterocycles. The Morgan fingerprint density at radius 3 is 2.17 bits per heavy atom. The van der Waals surface area contributed by atoms with Crippen molar-refractivity contribution in [2.75, 3.05) is 5.32 Å². The van der Waals surface area contributed by atoms with E-state index in [1.54, 1.807) is 24.3 Å². The molecule has 0 aliphatic rings. The molecule has 1 heterocycles. The van der Waals surface area contributed by atoms with Crippen molar-refractivity contribution in [2.24, 2.45) is 0 Å². The van der Waals surface area contributed by atoms with Crippen LogP contribution < -0.4 is 5.32 Å². The lowest BCUT2D eigenvalue weighted by Gasteiger charge is -2.17. The zero-order valence-corrected chi connectivity index (χ0v) is 19.9. The number of anilines is 1. The van der Waals surface area contributed by atoms with E-state index in [-0.39, 0.29) is 29.9 Å². The molecule has 0 aliphatic carbocycles. The van der Waals surface area contributed by atoms with Gasteiger partial charge in [-0.05, 0) is 66.1 Å². The van der Waals surface area contributed by atoms with Crippen LogP contribution in [0.3, 0.4) is 0 Å². The van der Waals surface area contributed by atoms with Gasteiger partial charge in [0.05, 0.1) is 0 Å². The molecule has 4 aromatic carbocycles. The number of benzene rings is 4. The second-order valence-electron chi connectivity index (χ2n) is 9.08. The number of carbonyl (C=O) groups is 1. The summed E-state index contributed by atoms with van der Waals surface area (Å²) in [5.74, 6) is -0.993. The van der Waals surface area contributed by atoms with Crippen LogP contribution in [0.1, 0.15) is 34.6 Å². The lowest BCUT2D eigenvalue weighted by atomic mass is 9.88. The number of nitrogens with one attached hydrogen (secondary N) is 1. The molecule has 5 rings (SSSR count). The van der Waals surface area contributed by atoms with Gasteiger partial charge in [-0.25, -0.2) is 8.78 Å². The third-order valence-electron chi connectivity index (χ3n) is 6.46. The highest BCUT2D eigenvalue weighted by Crippen LogP contribution is 2.35. The Bertz CT molecular complexity index is 1490. The van der Waals surface area contributed by atoms with Gasteiger partial charge in [0.1, 0.15) is 11.6 Å². The molecule has 0 fully saturated rings. The van der Waals surface area contributed by atoms with E-state index >= 15 is 0 Å². The second-order valence-corrected chi connectivity index (χ2v) is 9.08. The molecule has 1 N–H and O–H groups in total. The van der Waals surface area contributed by atoms with Gasteiger partial charge in [-0.2, -0.15) is 0 Å². The maximum Gasteiger partial charge on any atom is 0.225 e. The van der Waals surface area contributed by atoms with Gasteiger partial charge in [-0.3, -0.25) is 4.79 Å². The fraction of sp³-hybridized carbons (Fsp3) is 0.129. The third-order valence-corrected chi connectivity index (χ3v) is 6.46. The van der Waals surface area contributed by atoms with Crippen LogP contribution in [0.5, 0.6) is 0 Å². The Morgan fingerprint density at radius 1 is 0.833 bits per heavy atom. The number of halogens is 2. The van der Waals surface area contributed by atoms with Gasteiger partial charge in [0.15, 0.2) is 0 Å². The van der Waals surface area contributed by atoms with E-state index in [1.165, 1.54) is 24.3 Å². The maximum absolute atomic E-state index is 13.8. The summed E-state index contributed by atoms with van der Waals surface area (Å²) in [6.07, 6.45) is 2.26. The van der Waals surface area contributed by atoms with E-state index < -0.39 is 0 Å². The van der Waals surface area contributed by atoms with E-state index in [1.807, 2.05) is 55.5 Å². The van der Waals surface area contributed by atoms with Crippen molar-refractivity contribution in [1.29, 1.82) is 0 Å². The number of para-hydroxylation sites is 1. The highest BCUT2D eigenvalue weighted by atomic mass is 19.1. The van der Waals surface area contributed by atoms with Crippen molar-refractivity contribution in [3.8, 4) is 0 Å². The highest BCUT2D eigenvalue weighted by Gasteiger charge is 2.23. The van der Waals surface area contributed by atoms with E-state index in [2.05, 4.69) is 16.1 Å². The van der Waals surface area contributed by atoms with E-state index in [4.69, 9.17) is 0 Å². The van der Waals surface area contributed by atoms with Crippen LogP contribution in [0, 0.1) is 18.6 Å². The minimum atomic E-state index is -0.319. The molecule has 36 heavy (non-hydrogen) atoms. The topological polar surface area (TPSA) is 34.0 Å². The molecule has 180 valence electrons. The minimum Gasteiger partial charge on any atom is -0.343 e. The Hall–Kier alpha value is -4.25. The minimum absolute atomic E-state index is 0.122. The Labute approximate surface area is 209 Å². The predicted molar refractivity (Wildman–Crippen MR) is 140 cm³/mol. The smallest absolute Gasteiger partial charge is 0.225 e. The number of hydrogen-bond donors (Lipinski definition) is 1. The first-order valence-electron chi connectivity index (χ1n) is 11.9. The van der Waals surface area contributed by atoms with Crippen LogP contribution in [0.2, 0.25) is 0 Å². The summed E-state index contributed by atoms with van der Waals surface area (Å²) in [6, 6.07) is 28.5. The van der Waals surface area contributed by atoms with E-state index in [9.17, 15) is 13.6 Å². The fourth-order valence-corrected chi connectivity index (χ4v) is 4.61. The van der Waals surface area contributed by atoms with Gasteiger partial charge >= 0.3 is 0 Å². The predicted octanol–water partition coefficient (Wildman–Crippen LogP) is 7.44. The maximum atomic E-state index is 13.8. The Balaban J connectivity index is 1.52. The van der Waals surface area contributed by atoms with Crippen molar-refractivity contribution >= 4 is 22.5 Å². The molecule has 5 aromatic rings. The summed E-state index contributed by atoms with van der Waals surface area (Å²) in [4.78, 5) is 13.2. The second kappa shape index (κ2) is 10.2. The molecule has 1 unspecified atom stereocenters. The van der Waals surface area contributed by atoms with Crippen molar-refractivity contribution in [3.63, 3.8) is 0 Å². The molecule has 1 atom stereocenters. The molecular weight excluding hydrogens is 454 g/mol. The molecule has 0 saturated carbocycles. The van der Waals surface area contributed by atoms with Gasteiger partial charge in [-0.15, -0.1) is 0 Å². The molecule has 3 nitrogen and oxygen atoms in total. The number of aromatic nitrogens is 1. The molecule has 0 bridgehead atoms. The standard InChI is InChI=1S/C31H26F2N2O/c1-21-6-16-26(17-7-21)34-31(36)18-28(23-10-14-25(33)15-11-23)29-20-35(30-5-3-2-4-27(29)30)19-22-8-12-24(32)13-9-22/h2-17,20,28H,18-19H2,1H3,(H,34,36). The molecule has 0 radical (unpaired) electrons. The first-order valence-corrected chi connectivity index (χ1v) is 11.9. The van der Waals surface area contributed by atoms with Crippen LogP contribution in [0.4, 0.5) is 14.5 Å². The molecule has 5 heteroatoms. The molecule has 1 aromatic heterocycles. The monoisotopic (exact) mass is 480 g/mol. The lowest BCUT2D eigenvalue weighted by molar-refractivity contribution is -0.116. The van der Waals surface area contributed by atoms with Crippen LogP contribution in [0.25, 0.3) is 10.9 Å². The first-order chi connectivity index (χ1) is 17.5. The summed E-state index contributed by atoms with van der Waals surface area (Å²) >= 11 is 0. The molecule has 0 aliphatic heterocycles. The quantitative estimate of drug-likeness (QED) is 0.258. The summed E-state index contributed by atoms with van der Waals surface area (Å²) in [7, 11) is 0. The van der Waals surface area contributed by atoms with Crippen molar-refractivity contribution in [3.05, 3.63) is 137 Å². The number of hydrogen-bond acceptors (Lipinski definition) is 1. The number of rotatable bonds is 7. The zero-order valence-electron chi connectivity index (χ0n) is 19.9. The zero-order chi connectivity index (χ0) is 25.1. The van der Waals surface area contributed by atoms with E-state index in [0.29, 0.717) is 6.54 Å². The van der Waals surface area contributed by atoms with Gasteiger partial charge in [0.25, 0.3) is 0 Å². The van der Waals surface area contributed by atoms with Crippen molar-refractivity contribution in [1.82, 2.24) is 4.57 Å². The first kappa shape index (κ1) is 23.5. The van der Waals surface area contributed by atoms with Gasteiger partial charge in [0, 0.05) is 41.7 Å². The lowest BCUT2D eigenvalue weighted by Crippen LogP contribution is -2.16. The van der Waals surface area contributed by atoms with Crippen LogP contribution >= 0.6 is 0 Å².